The number of hydrogen-bond donors (Lipinski definition) is 3. The number of pyridine rings is 1. The summed E-state index contributed by atoms with van der Waals surface area (Å²) in [4.78, 5) is 40.3. The van der Waals surface area contributed by atoms with Crippen LogP contribution in [0.2, 0.25) is 5.02 Å². The van der Waals surface area contributed by atoms with Gasteiger partial charge in [-0.3, -0.25) is 19.4 Å². The zero-order chi connectivity index (χ0) is 25.6. The van der Waals surface area contributed by atoms with E-state index in [2.05, 4.69) is 20.1 Å². The van der Waals surface area contributed by atoms with E-state index < -0.39 is 40.4 Å². The van der Waals surface area contributed by atoms with Crippen molar-refractivity contribution >= 4 is 39.1 Å². The third kappa shape index (κ3) is 6.94. The molecule has 0 bridgehead atoms. The number of nitrogens with zero attached hydrogens (tertiary/aromatic N) is 3. The minimum absolute atomic E-state index is 0.00171. The first-order chi connectivity index (χ1) is 16.6. The quantitative estimate of drug-likeness (QED) is 0.356. The van der Waals surface area contributed by atoms with E-state index >= 15 is 0 Å². The Labute approximate surface area is 206 Å². The van der Waals surface area contributed by atoms with E-state index in [0.717, 1.165) is 16.6 Å². The van der Waals surface area contributed by atoms with Crippen molar-refractivity contribution in [1.29, 1.82) is 0 Å². The second-order valence-electron chi connectivity index (χ2n) is 7.57. The zero-order valence-corrected chi connectivity index (χ0v) is 20.3. The molecule has 0 radical (unpaired) electrons. The van der Waals surface area contributed by atoms with Gasteiger partial charge in [-0.25, -0.2) is 17.8 Å². The van der Waals surface area contributed by atoms with Gasteiger partial charge in [0, 0.05) is 36.1 Å². The average Bonchev–Trinajstić information content (AvgIpc) is 2.80. The van der Waals surface area contributed by atoms with Gasteiger partial charge in [-0.05, 0) is 36.8 Å². The number of aromatic nitrogens is 3. The molecule has 2 amide bonds. The number of aryl methyl sites for hydroxylation is 1. The van der Waals surface area contributed by atoms with Crippen molar-refractivity contribution in [2.24, 2.45) is 5.73 Å². The van der Waals surface area contributed by atoms with Crippen molar-refractivity contribution in [3.63, 3.8) is 0 Å². The summed E-state index contributed by atoms with van der Waals surface area (Å²) < 4.78 is 29.0. The maximum absolute atomic E-state index is 12.8. The summed E-state index contributed by atoms with van der Waals surface area (Å²) in [5.41, 5.74) is 5.79. The Kier molecular flexibility index (Phi) is 8.33. The molecule has 1 aromatic carbocycles. The third-order valence-corrected chi connectivity index (χ3v) is 6.83. The number of nitrogens with two attached hydrogens (primary N) is 1. The molecule has 0 saturated heterocycles. The Morgan fingerprint density at radius 2 is 1.97 bits per heavy atom. The molecular formula is C22H23ClN6O5S. The highest BCUT2D eigenvalue weighted by molar-refractivity contribution is 7.89. The van der Waals surface area contributed by atoms with Crippen LogP contribution < -0.4 is 21.3 Å². The highest BCUT2D eigenvalue weighted by Crippen LogP contribution is 2.20. The lowest BCUT2D eigenvalue weighted by Crippen LogP contribution is -2.33. The van der Waals surface area contributed by atoms with Crippen molar-refractivity contribution in [1.82, 2.24) is 19.5 Å². The number of nitrogens with one attached hydrogen (secondary N) is 2. The summed E-state index contributed by atoms with van der Waals surface area (Å²) in [6.07, 6.45) is 2.79. The van der Waals surface area contributed by atoms with Crippen molar-refractivity contribution in [2.75, 3.05) is 11.9 Å². The number of carbonyl (C=O) groups is 2. The highest BCUT2D eigenvalue weighted by Gasteiger charge is 2.19. The molecule has 0 fully saturated rings. The van der Waals surface area contributed by atoms with E-state index in [0.29, 0.717) is 12.0 Å². The monoisotopic (exact) mass is 518 g/mol. The van der Waals surface area contributed by atoms with Crippen LogP contribution in [0.4, 0.5) is 5.69 Å². The number of anilines is 1. The molecule has 0 unspecified atom stereocenters. The van der Waals surface area contributed by atoms with Gasteiger partial charge < -0.3 is 11.1 Å². The lowest BCUT2D eigenvalue weighted by Gasteiger charge is -2.12. The maximum atomic E-state index is 12.8. The Morgan fingerprint density at radius 3 is 2.66 bits per heavy atom. The lowest BCUT2D eigenvalue weighted by molar-refractivity contribution is -0.117. The number of amides is 2. The summed E-state index contributed by atoms with van der Waals surface area (Å²) in [7, 11) is -3.86. The topological polar surface area (TPSA) is 166 Å². The minimum Gasteiger partial charge on any atom is -0.369 e. The first-order valence-electron chi connectivity index (χ1n) is 10.4. The summed E-state index contributed by atoms with van der Waals surface area (Å²) in [5.74, 6) is -1.39. The molecule has 2 heterocycles. The number of halogens is 1. The molecule has 13 heteroatoms. The number of sulfonamides is 1. The Hall–Kier alpha value is -3.61. The zero-order valence-electron chi connectivity index (χ0n) is 18.7. The molecule has 4 N–H and O–H groups in total. The van der Waals surface area contributed by atoms with Crippen molar-refractivity contribution < 1.29 is 18.0 Å². The first-order valence-corrected chi connectivity index (χ1v) is 12.3. The van der Waals surface area contributed by atoms with E-state index in [1.165, 1.54) is 12.1 Å². The van der Waals surface area contributed by atoms with Gasteiger partial charge in [0.2, 0.25) is 21.8 Å². The van der Waals surface area contributed by atoms with Crippen LogP contribution in [0.15, 0.2) is 58.5 Å². The Morgan fingerprint density at radius 1 is 1.20 bits per heavy atom. The molecule has 0 spiro atoms. The van der Waals surface area contributed by atoms with Crippen molar-refractivity contribution in [3.05, 3.63) is 81.0 Å². The van der Waals surface area contributed by atoms with E-state index in [9.17, 15) is 22.8 Å². The van der Waals surface area contributed by atoms with Gasteiger partial charge in [0.25, 0.3) is 5.56 Å². The van der Waals surface area contributed by atoms with Crippen molar-refractivity contribution in [2.45, 2.75) is 31.2 Å². The van der Waals surface area contributed by atoms with Gasteiger partial charge in [0.15, 0.2) is 0 Å². The molecule has 184 valence electrons. The first kappa shape index (κ1) is 26.0. The third-order valence-electron chi connectivity index (χ3n) is 4.90. The van der Waals surface area contributed by atoms with E-state index in [4.69, 9.17) is 17.3 Å². The van der Waals surface area contributed by atoms with Crippen LogP contribution in [0.3, 0.4) is 0 Å². The number of carbonyl (C=O) groups excluding carboxylic acids is 2. The molecular weight excluding hydrogens is 496 g/mol. The number of benzene rings is 1. The molecule has 35 heavy (non-hydrogen) atoms. The maximum Gasteiger partial charge on any atom is 0.272 e. The van der Waals surface area contributed by atoms with Gasteiger partial charge >= 0.3 is 0 Å². The standard InChI is InChI=1S/C22H23ClN6O5S/c1-14-5-6-16(10-19(14)35(33,34)27-9-7-15-4-2-3-8-25-15)28-21(31)13-29-22(32)17(11-20(24)30)18(23)12-26-29/h2-6,8,10,12,27H,7,9,11,13H2,1H3,(H2,24,30)(H,28,31). The van der Waals surface area contributed by atoms with Gasteiger partial charge in [0.05, 0.1) is 22.5 Å². The minimum atomic E-state index is -3.86. The molecule has 11 nitrogen and oxygen atoms in total. The molecule has 3 aromatic rings. The molecule has 0 aliphatic heterocycles. The summed E-state index contributed by atoms with van der Waals surface area (Å²) in [6.45, 7) is 1.30. The smallest absolute Gasteiger partial charge is 0.272 e. The van der Waals surface area contributed by atoms with Crippen LogP contribution in [-0.2, 0) is 39.0 Å². The second-order valence-corrected chi connectivity index (χ2v) is 9.72. The van der Waals surface area contributed by atoms with Gasteiger partial charge in [-0.1, -0.05) is 23.7 Å². The van der Waals surface area contributed by atoms with Crippen LogP contribution in [0.1, 0.15) is 16.8 Å². The second kappa shape index (κ2) is 11.2. The average molecular weight is 519 g/mol. The number of rotatable bonds is 10. The van der Waals surface area contributed by atoms with E-state index in [1.807, 2.05) is 6.07 Å². The SMILES string of the molecule is Cc1ccc(NC(=O)Cn2ncc(Cl)c(CC(N)=O)c2=O)cc1S(=O)(=O)NCCc1ccccn1. The predicted molar refractivity (Wildman–Crippen MR) is 129 cm³/mol. The summed E-state index contributed by atoms with van der Waals surface area (Å²) in [6, 6.07) is 9.81. The van der Waals surface area contributed by atoms with Gasteiger partial charge in [-0.2, -0.15) is 5.10 Å². The molecule has 0 saturated carbocycles. The van der Waals surface area contributed by atoms with Crippen LogP contribution >= 0.6 is 11.6 Å². The fourth-order valence-electron chi connectivity index (χ4n) is 3.20. The Bertz CT molecular complexity index is 1410. The summed E-state index contributed by atoms with van der Waals surface area (Å²) in [5, 5.41) is 6.32. The van der Waals surface area contributed by atoms with Crippen LogP contribution in [0, 0.1) is 6.92 Å². The number of primary amides is 1. The molecule has 2 aromatic heterocycles. The van der Waals surface area contributed by atoms with Crippen LogP contribution in [-0.4, -0.2) is 41.5 Å². The largest absolute Gasteiger partial charge is 0.369 e. The van der Waals surface area contributed by atoms with Crippen LogP contribution in [0.5, 0.6) is 0 Å². The highest BCUT2D eigenvalue weighted by atomic mass is 35.5. The lowest BCUT2D eigenvalue weighted by atomic mass is 10.2. The fraction of sp³-hybridized carbons (Fsp3) is 0.227. The molecule has 3 rings (SSSR count). The molecule has 0 atom stereocenters. The van der Waals surface area contributed by atoms with E-state index in [-0.39, 0.29) is 27.7 Å². The van der Waals surface area contributed by atoms with Crippen LogP contribution in [0.25, 0.3) is 0 Å². The molecule has 0 aliphatic rings. The Balaban J connectivity index is 1.71. The normalized spacial score (nSPS) is 11.3. The predicted octanol–water partition coefficient (Wildman–Crippen LogP) is 0.788. The summed E-state index contributed by atoms with van der Waals surface area (Å²) >= 11 is 5.91. The van der Waals surface area contributed by atoms with Crippen molar-refractivity contribution in [3.8, 4) is 0 Å². The van der Waals surface area contributed by atoms with Gasteiger partial charge in [0.1, 0.15) is 6.54 Å². The van der Waals surface area contributed by atoms with Gasteiger partial charge in [-0.15, -0.1) is 0 Å². The number of hydrogen-bond acceptors (Lipinski definition) is 7. The van der Waals surface area contributed by atoms with E-state index in [1.54, 1.807) is 31.3 Å². The molecule has 0 aliphatic carbocycles. The fourth-order valence-corrected chi connectivity index (χ4v) is 4.69.